The molecule has 1 aromatic carbocycles. The molecular formula is C14H17N3O. The van der Waals surface area contributed by atoms with E-state index in [0.29, 0.717) is 12.2 Å². The molecule has 0 fully saturated rings. The van der Waals surface area contributed by atoms with Crippen molar-refractivity contribution in [3.8, 4) is 5.75 Å². The van der Waals surface area contributed by atoms with Crippen molar-refractivity contribution in [3.05, 3.63) is 53.6 Å². The molecule has 0 aliphatic heterocycles. The van der Waals surface area contributed by atoms with E-state index in [1.807, 2.05) is 31.2 Å². The first-order chi connectivity index (χ1) is 8.69. The lowest BCUT2D eigenvalue weighted by atomic mass is 10.1. The molecule has 1 atom stereocenters. The fourth-order valence-corrected chi connectivity index (χ4v) is 1.74. The molecule has 94 valence electrons. The van der Waals surface area contributed by atoms with Crippen LogP contribution in [-0.4, -0.2) is 17.1 Å². The van der Waals surface area contributed by atoms with Gasteiger partial charge in [-0.2, -0.15) is 0 Å². The van der Waals surface area contributed by atoms with Gasteiger partial charge in [0.05, 0.1) is 13.2 Å². The highest BCUT2D eigenvalue weighted by molar-refractivity contribution is 5.29. The SMILES string of the molecule is COc1cccc(CC(N)c2ncc(C)cn2)c1. The summed E-state index contributed by atoms with van der Waals surface area (Å²) in [6.07, 6.45) is 4.27. The van der Waals surface area contributed by atoms with Gasteiger partial charge in [-0.3, -0.25) is 0 Å². The third-order valence-corrected chi connectivity index (χ3v) is 2.72. The Morgan fingerprint density at radius 2 is 2.00 bits per heavy atom. The zero-order valence-electron chi connectivity index (χ0n) is 10.6. The van der Waals surface area contributed by atoms with Crippen LogP contribution >= 0.6 is 0 Å². The van der Waals surface area contributed by atoms with Crippen LogP contribution in [-0.2, 0) is 6.42 Å². The number of hydrogen-bond acceptors (Lipinski definition) is 4. The number of ether oxygens (including phenoxy) is 1. The Morgan fingerprint density at radius 3 is 2.67 bits per heavy atom. The summed E-state index contributed by atoms with van der Waals surface area (Å²) in [4.78, 5) is 8.50. The van der Waals surface area contributed by atoms with Crippen molar-refractivity contribution < 1.29 is 4.74 Å². The van der Waals surface area contributed by atoms with Gasteiger partial charge in [0, 0.05) is 12.4 Å². The molecule has 0 bridgehead atoms. The number of methoxy groups -OCH3 is 1. The van der Waals surface area contributed by atoms with E-state index in [0.717, 1.165) is 16.9 Å². The average molecular weight is 243 g/mol. The van der Waals surface area contributed by atoms with Crippen molar-refractivity contribution >= 4 is 0 Å². The van der Waals surface area contributed by atoms with E-state index in [4.69, 9.17) is 10.5 Å². The van der Waals surface area contributed by atoms with E-state index in [-0.39, 0.29) is 6.04 Å². The maximum atomic E-state index is 6.10. The van der Waals surface area contributed by atoms with Crippen molar-refractivity contribution in [2.24, 2.45) is 5.73 Å². The average Bonchev–Trinajstić information content (AvgIpc) is 2.39. The van der Waals surface area contributed by atoms with Gasteiger partial charge in [-0.25, -0.2) is 9.97 Å². The molecule has 4 nitrogen and oxygen atoms in total. The third-order valence-electron chi connectivity index (χ3n) is 2.72. The van der Waals surface area contributed by atoms with Crippen LogP contribution in [0.15, 0.2) is 36.7 Å². The first-order valence-corrected chi connectivity index (χ1v) is 5.86. The smallest absolute Gasteiger partial charge is 0.145 e. The fourth-order valence-electron chi connectivity index (χ4n) is 1.74. The molecule has 2 rings (SSSR count). The lowest BCUT2D eigenvalue weighted by Crippen LogP contribution is -2.16. The molecule has 0 saturated heterocycles. The molecule has 1 heterocycles. The van der Waals surface area contributed by atoms with Crippen LogP contribution in [0, 0.1) is 6.92 Å². The summed E-state index contributed by atoms with van der Waals surface area (Å²) >= 11 is 0. The van der Waals surface area contributed by atoms with Crippen LogP contribution in [0.5, 0.6) is 5.75 Å². The summed E-state index contributed by atoms with van der Waals surface area (Å²) in [6, 6.07) is 7.68. The molecule has 1 unspecified atom stereocenters. The van der Waals surface area contributed by atoms with E-state index in [9.17, 15) is 0 Å². The number of hydrogen-bond donors (Lipinski definition) is 1. The Balaban J connectivity index is 2.10. The molecule has 0 radical (unpaired) electrons. The summed E-state index contributed by atoms with van der Waals surface area (Å²) in [5.41, 5.74) is 8.25. The first-order valence-electron chi connectivity index (χ1n) is 5.86. The van der Waals surface area contributed by atoms with Crippen molar-refractivity contribution in [2.75, 3.05) is 7.11 Å². The third kappa shape index (κ3) is 3.05. The quantitative estimate of drug-likeness (QED) is 0.892. The second kappa shape index (κ2) is 5.60. The van der Waals surface area contributed by atoms with Crippen LogP contribution in [0.4, 0.5) is 0 Å². The minimum Gasteiger partial charge on any atom is -0.497 e. The summed E-state index contributed by atoms with van der Waals surface area (Å²) in [7, 11) is 1.65. The Labute approximate surface area is 107 Å². The highest BCUT2D eigenvalue weighted by Crippen LogP contribution is 2.17. The molecule has 2 aromatic rings. The van der Waals surface area contributed by atoms with Crippen LogP contribution in [0.2, 0.25) is 0 Å². The Kier molecular flexibility index (Phi) is 3.89. The largest absolute Gasteiger partial charge is 0.497 e. The van der Waals surface area contributed by atoms with Crippen LogP contribution in [0.3, 0.4) is 0 Å². The predicted octanol–water partition coefficient (Wildman–Crippen LogP) is 2.04. The summed E-state index contributed by atoms with van der Waals surface area (Å²) in [5, 5.41) is 0. The molecule has 0 saturated carbocycles. The number of nitrogens with zero attached hydrogens (tertiary/aromatic N) is 2. The molecule has 0 amide bonds. The highest BCUT2D eigenvalue weighted by atomic mass is 16.5. The van der Waals surface area contributed by atoms with Gasteiger partial charge >= 0.3 is 0 Å². The van der Waals surface area contributed by atoms with Crippen molar-refractivity contribution in [2.45, 2.75) is 19.4 Å². The van der Waals surface area contributed by atoms with Gasteiger partial charge in [0.25, 0.3) is 0 Å². The van der Waals surface area contributed by atoms with Gasteiger partial charge in [-0.1, -0.05) is 12.1 Å². The van der Waals surface area contributed by atoms with Crippen molar-refractivity contribution in [3.63, 3.8) is 0 Å². The number of rotatable bonds is 4. The van der Waals surface area contributed by atoms with Gasteiger partial charge in [0.1, 0.15) is 11.6 Å². The molecule has 18 heavy (non-hydrogen) atoms. The summed E-state index contributed by atoms with van der Waals surface area (Å²) in [6.45, 7) is 1.96. The normalized spacial score (nSPS) is 12.2. The molecular weight excluding hydrogens is 226 g/mol. The van der Waals surface area contributed by atoms with Gasteiger partial charge < -0.3 is 10.5 Å². The van der Waals surface area contributed by atoms with Crippen LogP contribution in [0.25, 0.3) is 0 Å². The molecule has 2 N–H and O–H groups in total. The molecule has 0 aliphatic rings. The minimum absolute atomic E-state index is 0.197. The maximum absolute atomic E-state index is 6.10. The fraction of sp³-hybridized carbons (Fsp3) is 0.286. The molecule has 4 heteroatoms. The highest BCUT2D eigenvalue weighted by Gasteiger charge is 2.10. The second-order valence-electron chi connectivity index (χ2n) is 4.28. The molecule has 1 aromatic heterocycles. The topological polar surface area (TPSA) is 61.0 Å². The van der Waals surface area contributed by atoms with E-state index in [1.165, 1.54) is 0 Å². The van der Waals surface area contributed by atoms with Gasteiger partial charge in [-0.05, 0) is 36.6 Å². The van der Waals surface area contributed by atoms with Crippen LogP contribution in [0.1, 0.15) is 23.0 Å². The number of aromatic nitrogens is 2. The lowest BCUT2D eigenvalue weighted by molar-refractivity contribution is 0.414. The predicted molar refractivity (Wildman–Crippen MR) is 70.4 cm³/mol. The Morgan fingerprint density at radius 1 is 1.28 bits per heavy atom. The van der Waals surface area contributed by atoms with E-state index in [1.54, 1.807) is 19.5 Å². The summed E-state index contributed by atoms with van der Waals surface area (Å²) in [5.74, 6) is 1.51. The number of nitrogens with two attached hydrogens (primary N) is 1. The van der Waals surface area contributed by atoms with E-state index >= 15 is 0 Å². The van der Waals surface area contributed by atoms with Gasteiger partial charge in [0.2, 0.25) is 0 Å². The number of benzene rings is 1. The van der Waals surface area contributed by atoms with E-state index < -0.39 is 0 Å². The van der Waals surface area contributed by atoms with Gasteiger partial charge in [0.15, 0.2) is 0 Å². The Hall–Kier alpha value is -1.94. The monoisotopic (exact) mass is 243 g/mol. The van der Waals surface area contributed by atoms with Crippen molar-refractivity contribution in [1.82, 2.24) is 9.97 Å². The summed E-state index contributed by atoms with van der Waals surface area (Å²) < 4.78 is 5.19. The Bertz CT molecular complexity index is 511. The molecule has 0 aliphatic carbocycles. The standard InChI is InChI=1S/C14H17N3O/c1-10-8-16-14(17-9-10)13(15)7-11-4-3-5-12(6-11)18-2/h3-6,8-9,13H,7,15H2,1-2H3. The lowest BCUT2D eigenvalue weighted by Gasteiger charge is -2.11. The van der Waals surface area contributed by atoms with E-state index in [2.05, 4.69) is 9.97 Å². The second-order valence-corrected chi connectivity index (χ2v) is 4.28. The van der Waals surface area contributed by atoms with Gasteiger partial charge in [-0.15, -0.1) is 0 Å². The zero-order chi connectivity index (χ0) is 13.0. The minimum atomic E-state index is -0.197. The molecule has 0 spiro atoms. The van der Waals surface area contributed by atoms with Crippen LogP contribution < -0.4 is 10.5 Å². The maximum Gasteiger partial charge on any atom is 0.145 e. The zero-order valence-corrected chi connectivity index (χ0v) is 10.6. The first kappa shape index (κ1) is 12.5. The number of aryl methyl sites for hydroxylation is 1. The van der Waals surface area contributed by atoms with Crippen molar-refractivity contribution in [1.29, 1.82) is 0 Å².